The number of benzene rings is 3. The lowest BCUT2D eigenvalue weighted by molar-refractivity contribution is -0.143. The summed E-state index contributed by atoms with van der Waals surface area (Å²) < 4.78 is 19.8. The molecule has 6 rings (SSSR count). The fraction of sp³-hybridized carbons (Fsp3) is 0.133. The zero-order chi connectivity index (χ0) is 26.9. The van der Waals surface area contributed by atoms with Crippen molar-refractivity contribution in [2.45, 2.75) is 13.5 Å². The molecule has 0 N–H and O–H groups in total. The highest BCUT2D eigenvalue weighted by Gasteiger charge is 2.18. The Kier molecular flexibility index (Phi) is 6.16. The van der Waals surface area contributed by atoms with E-state index < -0.39 is 0 Å². The summed E-state index contributed by atoms with van der Waals surface area (Å²) in [6, 6.07) is 22.1. The predicted molar refractivity (Wildman–Crippen MR) is 149 cm³/mol. The van der Waals surface area contributed by atoms with E-state index in [0.717, 1.165) is 21.9 Å². The molecule has 0 amide bonds. The second-order valence-corrected chi connectivity index (χ2v) is 8.83. The lowest BCUT2D eigenvalue weighted by atomic mass is 10.2. The zero-order valence-electron chi connectivity index (χ0n) is 21.3. The van der Waals surface area contributed by atoms with E-state index in [9.17, 15) is 9.59 Å². The van der Waals surface area contributed by atoms with Crippen molar-refractivity contribution in [3.8, 4) is 17.3 Å². The third-order valence-electron chi connectivity index (χ3n) is 6.45. The first-order chi connectivity index (χ1) is 19.1. The largest absolute Gasteiger partial charge is 0.496 e. The molecule has 0 fully saturated rings. The number of rotatable bonds is 7. The summed E-state index contributed by atoms with van der Waals surface area (Å²) in [7, 11) is 1.59. The molecule has 9 heteroatoms. The van der Waals surface area contributed by atoms with E-state index in [1.807, 2.05) is 59.3 Å². The molecule has 0 unspecified atom stereocenters. The molecule has 0 bridgehead atoms. The van der Waals surface area contributed by atoms with Crippen LogP contribution in [0.1, 0.15) is 12.5 Å². The second kappa shape index (κ2) is 9.94. The molecule has 194 valence electrons. The number of fused-ring (bicyclic) bond motifs is 3. The molecule has 0 aliphatic heterocycles. The third-order valence-corrected chi connectivity index (χ3v) is 6.45. The summed E-state index contributed by atoms with van der Waals surface area (Å²) >= 11 is 0. The number of esters is 1. The number of furan rings is 1. The number of methoxy groups -OCH3 is 1. The highest BCUT2D eigenvalue weighted by atomic mass is 16.5. The van der Waals surface area contributed by atoms with Crippen molar-refractivity contribution in [2.24, 2.45) is 5.10 Å². The molecule has 6 aromatic rings. The fourth-order valence-electron chi connectivity index (χ4n) is 4.69. The van der Waals surface area contributed by atoms with Gasteiger partial charge in [-0.1, -0.05) is 36.4 Å². The highest BCUT2D eigenvalue weighted by Crippen LogP contribution is 2.33. The summed E-state index contributed by atoms with van der Waals surface area (Å²) in [5.74, 6) is 0.942. The molecule has 0 spiro atoms. The number of carbonyl (C=O) groups excluding carboxylic acids is 1. The molecule has 0 radical (unpaired) electrons. The Labute approximate surface area is 222 Å². The molecule has 0 saturated heterocycles. The highest BCUT2D eigenvalue weighted by molar-refractivity contribution is 6.00. The Bertz CT molecular complexity index is 1950. The Morgan fingerprint density at radius 1 is 1.03 bits per heavy atom. The molecule has 9 nitrogen and oxygen atoms in total. The first-order valence-electron chi connectivity index (χ1n) is 12.4. The van der Waals surface area contributed by atoms with Crippen LogP contribution in [0.15, 0.2) is 93.3 Å². The summed E-state index contributed by atoms with van der Waals surface area (Å²) in [6.07, 6.45) is 3.41. The van der Waals surface area contributed by atoms with Crippen LogP contribution in [0.4, 0.5) is 0 Å². The minimum Gasteiger partial charge on any atom is -0.496 e. The van der Waals surface area contributed by atoms with Gasteiger partial charge >= 0.3 is 5.97 Å². The summed E-state index contributed by atoms with van der Waals surface area (Å²) in [5, 5.41) is 6.65. The van der Waals surface area contributed by atoms with Gasteiger partial charge in [0.15, 0.2) is 5.76 Å². The van der Waals surface area contributed by atoms with Gasteiger partial charge in [-0.15, -0.1) is 0 Å². The molecule has 0 aliphatic carbocycles. The molecule has 0 aliphatic rings. The molecule has 0 atom stereocenters. The van der Waals surface area contributed by atoms with Crippen LogP contribution in [0.25, 0.3) is 44.4 Å². The lowest BCUT2D eigenvalue weighted by Gasteiger charge is -2.07. The van der Waals surface area contributed by atoms with Crippen LogP contribution in [-0.2, 0) is 16.1 Å². The number of carbonyl (C=O) groups is 1. The van der Waals surface area contributed by atoms with E-state index in [1.54, 1.807) is 44.5 Å². The lowest BCUT2D eigenvalue weighted by Crippen LogP contribution is -2.20. The van der Waals surface area contributed by atoms with Crippen molar-refractivity contribution in [3.05, 3.63) is 94.9 Å². The van der Waals surface area contributed by atoms with Gasteiger partial charge < -0.3 is 18.5 Å². The van der Waals surface area contributed by atoms with Gasteiger partial charge in [0, 0.05) is 22.7 Å². The van der Waals surface area contributed by atoms with Crippen molar-refractivity contribution in [1.82, 2.24) is 14.2 Å². The molecule has 3 aromatic carbocycles. The Morgan fingerprint density at radius 3 is 2.64 bits per heavy atom. The maximum absolute atomic E-state index is 13.6. The van der Waals surface area contributed by atoms with E-state index in [2.05, 4.69) is 5.10 Å². The van der Waals surface area contributed by atoms with Crippen LogP contribution in [0.5, 0.6) is 5.75 Å². The molecular weight excluding hydrogens is 496 g/mol. The first-order valence-corrected chi connectivity index (χ1v) is 12.4. The van der Waals surface area contributed by atoms with E-state index in [-0.39, 0.29) is 23.9 Å². The Hall–Kier alpha value is -5.18. The van der Waals surface area contributed by atoms with Crippen molar-refractivity contribution in [2.75, 3.05) is 13.7 Å². The van der Waals surface area contributed by atoms with E-state index in [0.29, 0.717) is 34.6 Å². The van der Waals surface area contributed by atoms with Gasteiger partial charge in [0.2, 0.25) is 5.82 Å². The average Bonchev–Trinajstić information content (AvgIpc) is 3.54. The normalized spacial score (nSPS) is 11.6. The maximum atomic E-state index is 13.6. The van der Waals surface area contributed by atoms with Gasteiger partial charge in [0.05, 0.1) is 36.2 Å². The predicted octanol–water partition coefficient (Wildman–Crippen LogP) is 5.22. The number of ether oxygens (including phenoxy) is 2. The number of nitrogens with zero attached hydrogens (tertiary/aromatic N) is 4. The number of hydrogen-bond donors (Lipinski definition) is 0. The topological polar surface area (TPSA) is 101 Å². The van der Waals surface area contributed by atoms with Crippen LogP contribution >= 0.6 is 0 Å². The average molecular weight is 521 g/mol. The van der Waals surface area contributed by atoms with Crippen molar-refractivity contribution in [1.29, 1.82) is 0 Å². The van der Waals surface area contributed by atoms with Gasteiger partial charge in [0.1, 0.15) is 17.9 Å². The monoisotopic (exact) mass is 520 g/mol. The number of hydrogen-bond acceptors (Lipinski definition) is 7. The molecular formula is C30H24N4O5. The van der Waals surface area contributed by atoms with E-state index in [4.69, 9.17) is 18.9 Å². The van der Waals surface area contributed by atoms with Crippen LogP contribution in [0.3, 0.4) is 0 Å². The van der Waals surface area contributed by atoms with Crippen LogP contribution < -0.4 is 10.3 Å². The molecule has 3 aromatic heterocycles. The van der Waals surface area contributed by atoms with E-state index >= 15 is 0 Å². The first kappa shape index (κ1) is 24.2. The van der Waals surface area contributed by atoms with Gasteiger partial charge in [-0.05, 0) is 43.3 Å². The van der Waals surface area contributed by atoms with Crippen molar-refractivity contribution in [3.63, 3.8) is 0 Å². The molecule has 39 heavy (non-hydrogen) atoms. The fourth-order valence-corrected chi connectivity index (χ4v) is 4.69. The third kappa shape index (κ3) is 4.33. The van der Waals surface area contributed by atoms with Crippen molar-refractivity contribution >= 4 is 45.0 Å². The Morgan fingerprint density at radius 2 is 1.82 bits per heavy atom. The zero-order valence-corrected chi connectivity index (χ0v) is 21.3. The molecule has 3 heterocycles. The van der Waals surface area contributed by atoms with Crippen LogP contribution in [0.2, 0.25) is 0 Å². The summed E-state index contributed by atoms with van der Waals surface area (Å²) in [5.41, 5.74) is 2.37. The maximum Gasteiger partial charge on any atom is 0.325 e. The minimum absolute atomic E-state index is 0.0612. The van der Waals surface area contributed by atoms with Gasteiger partial charge in [-0.3, -0.25) is 9.59 Å². The standard InChI is InChI=1S/C30H24N4O5/c1-3-38-28(35)18-33-17-19(20-9-5-7-12-24(20)33)16-31-34-29(32-23-11-6-4-10-21(23)30(34)36)27-15-22-25(37-2)13-8-14-26(22)39-27/h4-17H,3,18H2,1-2H3. The van der Waals surface area contributed by atoms with Crippen LogP contribution in [0, 0.1) is 0 Å². The smallest absolute Gasteiger partial charge is 0.325 e. The van der Waals surface area contributed by atoms with Crippen molar-refractivity contribution < 1.29 is 18.7 Å². The summed E-state index contributed by atoms with van der Waals surface area (Å²) in [4.78, 5) is 30.6. The minimum atomic E-state index is -0.338. The van der Waals surface area contributed by atoms with Crippen LogP contribution in [-0.4, -0.2) is 40.1 Å². The van der Waals surface area contributed by atoms with Gasteiger partial charge in [0.25, 0.3) is 5.56 Å². The Balaban J connectivity index is 1.52. The quantitative estimate of drug-likeness (QED) is 0.211. The second-order valence-electron chi connectivity index (χ2n) is 8.83. The summed E-state index contributed by atoms with van der Waals surface area (Å²) in [6.45, 7) is 2.14. The van der Waals surface area contributed by atoms with Gasteiger partial charge in [-0.25, -0.2) is 4.98 Å². The number of aromatic nitrogens is 3. The van der Waals surface area contributed by atoms with Gasteiger partial charge in [-0.2, -0.15) is 9.78 Å². The molecule has 0 saturated carbocycles. The SMILES string of the molecule is CCOC(=O)Cn1cc(C=Nn2c(-c3cc4c(OC)cccc4o3)nc3ccccc3c2=O)c2ccccc21. The van der Waals surface area contributed by atoms with E-state index in [1.165, 1.54) is 4.68 Å². The number of para-hydroxylation sites is 2.